The molecular weight excluding hydrogens is 350 g/mol. The summed E-state index contributed by atoms with van der Waals surface area (Å²) in [6, 6.07) is 23.4. The van der Waals surface area contributed by atoms with Gasteiger partial charge in [0.25, 0.3) is 0 Å². The van der Waals surface area contributed by atoms with Crippen LogP contribution in [0.5, 0.6) is 0 Å². The number of likely N-dealkylation sites (N-methyl/N-ethyl adjacent to an activating group) is 1. The summed E-state index contributed by atoms with van der Waals surface area (Å²) < 4.78 is 12.3. The number of hydrogen-bond donors (Lipinski definition) is 1. The standard InChI is InChI=1S/C24H27NO3/c1-25-13-16-28-24(18-25,27-15-4-14-26)23-11-9-20(10-12-23)22-8-7-19-5-2-3-6-21(19)17-22/h2-3,5-12,17,26H,4,13-16,18H2,1H3. The van der Waals surface area contributed by atoms with E-state index in [4.69, 9.17) is 14.6 Å². The molecule has 0 amide bonds. The van der Waals surface area contributed by atoms with Crippen LogP contribution in [0.1, 0.15) is 12.0 Å². The number of benzene rings is 3. The van der Waals surface area contributed by atoms with E-state index in [-0.39, 0.29) is 6.61 Å². The van der Waals surface area contributed by atoms with E-state index in [9.17, 15) is 0 Å². The normalized spacial score (nSPS) is 20.5. The molecule has 0 spiro atoms. The molecule has 1 aliphatic rings. The zero-order valence-electron chi connectivity index (χ0n) is 16.3. The van der Waals surface area contributed by atoms with E-state index in [0.29, 0.717) is 26.2 Å². The summed E-state index contributed by atoms with van der Waals surface area (Å²) in [4.78, 5) is 2.22. The monoisotopic (exact) mass is 377 g/mol. The smallest absolute Gasteiger partial charge is 0.208 e. The first-order valence-electron chi connectivity index (χ1n) is 9.87. The van der Waals surface area contributed by atoms with Gasteiger partial charge >= 0.3 is 0 Å². The van der Waals surface area contributed by atoms with Crippen molar-refractivity contribution in [3.8, 4) is 11.1 Å². The quantitative estimate of drug-likeness (QED) is 0.659. The third-order valence-corrected chi connectivity index (χ3v) is 5.33. The Hall–Kier alpha value is -2.24. The van der Waals surface area contributed by atoms with Crippen molar-refractivity contribution in [2.45, 2.75) is 12.2 Å². The van der Waals surface area contributed by atoms with Gasteiger partial charge in [0.1, 0.15) is 0 Å². The maximum Gasteiger partial charge on any atom is 0.208 e. The minimum absolute atomic E-state index is 0.118. The molecule has 4 heteroatoms. The topological polar surface area (TPSA) is 41.9 Å². The van der Waals surface area contributed by atoms with Crippen LogP contribution in [0, 0.1) is 0 Å². The Morgan fingerprint density at radius 1 is 1.00 bits per heavy atom. The van der Waals surface area contributed by atoms with Crippen molar-refractivity contribution in [1.29, 1.82) is 0 Å². The van der Waals surface area contributed by atoms with Crippen molar-refractivity contribution < 1.29 is 14.6 Å². The largest absolute Gasteiger partial charge is 0.396 e. The van der Waals surface area contributed by atoms with Gasteiger partial charge in [0, 0.05) is 18.7 Å². The molecule has 1 fully saturated rings. The molecule has 1 heterocycles. The summed E-state index contributed by atoms with van der Waals surface area (Å²) in [6.45, 7) is 2.78. The Balaban J connectivity index is 1.62. The van der Waals surface area contributed by atoms with Gasteiger partial charge in [-0.1, -0.05) is 60.7 Å². The fraction of sp³-hybridized carbons (Fsp3) is 0.333. The predicted molar refractivity (Wildman–Crippen MR) is 112 cm³/mol. The average molecular weight is 377 g/mol. The molecule has 0 radical (unpaired) electrons. The van der Waals surface area contributed by atoms with Crippen LogP contribution in [0.3, 0.4) is 0 Å². The van der Waals surface area contributed by atoms with Crippen molar-refractivity contribution >= 4 is 10.8 Å². The highest BCUT2D eigenvalue weighted by Gasteiger charge is 2.38. The minimum atomic E-state index is -0.774. The van der Waals surface area contributed by atoms with Gasteiger partial charge in [-0.25, -0.2) is 0 Å². The first-order valence-corrected chi connectivity index (χ1v) is 9.87. The van der Waals surface area contributed by atoms with Crippen LogP contribution >= 0.6 is 0 Å². The van der Waals surface area contributed by atoms with Crippen molar-refractivity contribution in [2.75, 3.05) is 40.0 Å². The van der Waals surface area contributed by atoms with Gasteiger partial charge < -0.3 is 14.6 Å². The van der Waals surface area contributed by atoms with E-state index in [1.54, 1.807) is 0 Å². The summed E-state index contributed by atoms with van der Waals surface area (Å²) in [5.41, 5.74) is 3.38. The zero-order chi connectivity index (χ0) is 19.4. The van der Waals surface area contributed by atoms with Gasteiger partial charge in [-0.15, -0.1) is 0 Å². The van der Waals surface area contributed by atoms with Crippen LogP contribution in [0.4, 0.5) is 0 Å². The summed E-state index contributed by atoms with van der Waals surface area (Å²) >= 11 is 0. The second kappa shape index (κ2) is 8.41. The lowest BCUT2D eigenvalue weighted by Gasteiger charge is -2.41. The number of ether oxygens (including phenoxy) is 2. The summed E-state index contributed by atoms with van der Waals surface area (Å²) in [5.74, 6) is -0.774. The van der Waals surface area contributed by atoms with Crippen LogP contribution in [-0.2, 0) is 15.3 Å². The lowest BCUT2D eigenvalue weighted by molar-refractivity contribution is -0.275. The fourth-order valence-corrected chi connectivity index (χ4v) is 3.78. The molecule has 1 atom stereocenters. The Morgan fingerprint density at radius 3 is 2.50 bits per heavy atom. The first kappa shape index (κ1) is 19.1. The average Bonchev–Trinajstić information content (AvgIpc) is 2.74. The highest BCUT2D eigenvalue weighted by Crippen LogP contribution is 2.33. The van der Waals surface area contributed by atoms with E-state index < -0.39 is 5.79 Å². The minimum Gasteiger partial charge on any atom is -0.396 e. The highest BCUT2D eigenvalue weighted by molar-refractivity contribution is 5.87. The number of aliphatic hydroxyl groups is 1. The summed E-state index contributed by atoms with van der Waals surface area (Å²) in [6.07, 6.45) is 0.601. The maximum absolute atomic E-state index is 9.11. The zero-order valence-corrected chi connectivity index (χ0v) is 16.3. The second-order valence-corrected chi connectivity index (χ2v) is 7.40. The first-order chi connectivity index (χ1) is 13.7. The second-order valence-electron chi connectivity index (χ2n) is 7.40. The van der Waals surface area contributed by atoms with Crippen molar-refractivity contribution in [3.63, 3.8) is 0 Å². The lowest BCUT2D eigenvalue weighted by atomic mass is 9.97. The Labute approximate surface area is 166 Å². The van der Waals surface area contributed by atoms with Crippen molar-refractivity contribution in [3.05, 3.63) is 72.3 Å². The van der Waals surface area contributed by atoms with Gasteiger partial charge in [0.05, 0.1) is 19.8 Å². The number of nitrogens with zero attached hydrogens (tertiary/aromatic N) is 1. The molecule has 1 aliphatic heterocycles. The Bertz CT molecular complexity index is 925. The van der Waals surface area contributed by atoms with Crippen molar-refractivity contribution in [1.82, 2.24) is 4.90 Å². The molecule has 1 N–H and O–H groups in total. The SMILES string of the molecule is CN1CCOC(OCCCO)(c2ccc(-c3ccc4ccccc4c3)cc2)C1. The van der Waals surface area contributed by atoms with E-state index >= 15 is 0 Å². The number of aliphatic hydroxyl groups excluding tert-OH is 1. The molecule has 28 heavy (non-hydrogen) atoms. The predicted octanol–water partition coefficient (Wildman–Crippen LogP) is 4.02. The highest BCUT2D eigenvalue weighted by atomic mass is 16.7. The van der Waals surface area contributed by atoms with Gasteiger partial charge in [0.2, 0.25) is 5.79 Å². The maximum atomic E-state index is 9.11. The van der Waals surface area contributed by atoms with Crippen LogP contribution < -0.4 is 0 Å². The van der Waals surface area contributed by atoms with Crippen LogP contribution in [0.15, 0.2) is 66.7 Å². The van der Waals surface area contributed by atoms with E-state index in [1.165, 1.54) is 21.9 Å². The van der Waals surface area contributed by atoms with Crippen LogP contribution in [-0.4, -0.2) is 50.0 Å². The van der Waals surface area contributed by atoms with Crippen LogP contribution in [0.2, 0.25) is 0 Å². The third-order valence-electron chi connectivity index (χ3n) is 5.33. The van der Waals surface area contributed by atoms with Gasteiger partial charge in [-0.3, -0.25) is 4.90 Å². The van der Waals surface area contributed by atoms with Crippen LogP contribution in [0.25, 0.3) is 21.9 Å². The molecule has 0 aliphatic carbocycles. The molecule has 0 saturated carbocycles. The molecule has 1 saturated heterocycles. The number of hydrogen-bond acceptors (Lipinski definition) is 4. The lowest BCUT2D eigenvalue weighted by Crippen LogP contribution is -2.50. The molecule has 4 rings (SSSR count). The number of fused-ring (bicyclic) bond motifs is 1. The molecule has 3 aromatic rings. The summed E-state index contributed by atoms with van der Waals surface area (Å²) in [7, 11) is 2.08. The van der Waals surface area contributed by atoms with Gasteiger partial charge in [-0.2, -0.15) is 0 Å². The number of rotatable bonds is 6. The van der Waals surface area contributed by atoms with E-state index in [1.807, 2.05) is 0 Å². The molecule has 4 nitrogen and oxygen atoms in total. The fourth-order valence-electron chi connectivity index (χ4n) is 3.78. The molecular formula is C24H27NO3. The van der Waals surface area contributed by atoms with Gasteiger partial charge in [0.15, 0.2) is 0 Å². The Morgan fingerprint density at radius 2 is 1.75 bits per heavy atom. The van der Waals surface area contributed by atoms with Gasteiger partial charge in [-0.05, 0) is 41.4 Å². The molecule has 3 aromatic carbocycles. The molecule has 0 bridgehead atoms. The molecule has 0 aromatic heterocycles. The third kappa shape index (κ3) is 3.96. The Kier molecular flexibility index (Phi) is 5.74. The summed E-state index contributed by atoms with van der Waals surface area (Å²) in [5, 5.41) is 11.6. The van der Waals surface area contributed by atoms with E-state index in [0.717, 1.165) is 12.1 Å². The van der Waals surface area contributed by atoms with E-state index in [2.05, 4.69) is 78.7 Å². The number of morpholine rings is 1. The molecule has 1 unspecified atom stereocenters. The molecule has 146 valence electrons. The van der Waals surface area contributed by atoms with Crippen molar-refractivity contribution in [2.24, 2.45) is 0 Å².